The van der Waals surface area contributed by atoms with E-state index in [2.05, 4.69) is 5.32 Å². The first kappa shape index (κ1) is 20.6. The zero-order valence-electron chi connectivity index (χ0n) is 16.9. The van der Waals surface area contributed by atoms with Gasteiger partial charge in [0.2, 0.25) is 0 Å². The van der Waals surface area contributed by atoms with E-state index in [1.54, 1.807) is 11.9 Å². The Morgan fingerprint density at radius 1 is 1.11 bits per heavy atom. The number of nitrogens with one attached hydrogen (secondary N) is 1. The highest BCUT2D eigenvalue weighted by molar-refractivity contribution is 5.67. The second kappa shape index (κ2) is 9.31. The molecule has 1 amide bonds. The van der Waals surface area contributed by atoms with E-state index in [1.165, 1.54) is 0 Å². The number of anilines is 1. The fraction of sp³-hybridized carbons (Fsp3) is 0.409. The predicted octanol–water partition coefficient (Wildman–Crippen LogP) is 5.11. The second-order valence-corrected chi connectivity index (χ2v) is 7.49. The van der Waals surface area contributed by atoms with Crippen molar-refractivity contribution in [3.8, 4) is 5.75 Å². The fourth-order valence-corrected chi connectivity index (χ4v) is 2.59. The molecule has 0 spiro atoms. The Hall–Kier alpha value is -2.69. The van der Waals surface area contributed by atoms with Crippen LogP contribution in [-0.2, 0) is 4.74 Å². The average Bonchev–Trinajstić information content (AvgIpc) is 2.64. The van der Waals surface area contributed by atoms with Crippen LogP contribution in [0.3, 0.4) is 0 Å². The van der Waals surface area contributed by atoms with Crippen LogP contribution in [0.1, 0.15) is 38.9 Å². The largest absolute Gasteiger partial charge is 0.486 e. The van der Waals surface area contributed by atoms with Crippen LogP contribution in [0.15, 0.2) is 54.6 Å². The van der Waals surface area contributed by atoms with E-state index in [1.807, 2.05) is 82.4 Å². The molecular weight excluding hydrogens is 340 g/mol. The molecule has 5 nitrogen and oxygen atoms in total. The first-order valence-corrected chi connectivity index (χ1v) is 9.22. The number of amides is 1. The van der Waals surface area contributed by atoms with Gasteiger partial charge >= 0.3 is 6.09 Å². The van der Waals surface area contributed by atoms with Crippen LogP contribution in [0.2, 0.25) is 0 Å². The number of hydrogen-bond acceptors (Lipinski definition) is 4. The maximum Gasteiger partial charge on any atom is 0.410 e. The van der Waals surface area contributed by atoms with Gasteiger partial charge in [-0.05, 0) is 38.5 Å². The zero-order chi connectivity index (χ0) is 19.9. The number of nitrogens with zero attached hydrogens (tertiary/aromatic N) is 1. The summed E-state index contributed by atoms with van der Waals surface area (Å²) in [6.07, 6.45) is 0.165. The van der Waals surface area contributed by atoms with Crippen molar-refractivity contribution in [3.63, 3.8) is 0 Å². The summed E-state index contributed by atoms with van der Waals surface area (Å²) in [5, 5.41) is 3.12. The van der Waals surface area contributed by atoms with Crippen LogP contribution >= 0.6 is 0 Å². The monoisotopic (exact) mass is 370 g/mol. The van der Waals surface area contributed by atoms with Gasteiger partial charge < -0.3 is 19.7 Å². The zero-order valence-corrected chi connectivity index (χ0v) is 16.9. The third kappa shape index (κ3) is 6.85. The lowest BCUT2D eigenvalue weighted by molar-refractivity contribution is 0.0278. The van der Waals surface area contributed by atoms with Crippen molar-refractivity contribution in [2.24, 2.45) is 0 Å². The minimum atomic E-state index is -0.506. The molecule has 0 bridgehead atoms. The quantitative estimate of drug-likeness (QED) is 0.736. The molecule has 0 aliphatic heterocycles. The molecule has 2 aromatic carbocycles. The van der Waals surface area contributed by atoms with Crippen LogP contribution < -0.4 is 10.1 Å². The van der Waals surface area contributed by atoms with E-state index in [0.29, 0.717) is 13.0 Å². The fourth-order valence-electron chi connectivity index (χ4n) is 2.59. The van der Waals surface area contributed by atoms with Crippen molar-refractivity contribution < 1.29 is 14.3 Å². The molecule has 1 N–H and O–H groups in total. The summed E-state index contributed by atoms with van der Waals surface area (Å²) >= 11 is 0. The van der Waals surface area contributed by atoms with Crippen LogP contribution in [0.25, 0.3) is 0 Å². The average molecular weight is 370 g/mol. The molecule has 0 aliphatic carbocycles. The minimum Gasteiger partial charge on any atom is -0.486 e. The molecule has 0 heterocycles. The van der Waals surface area contributed by atoms with Gasteiger partial charge in [0.15, 0.2) is 0 Å². The standard InChI is InChI=1S/C22H30N2O3/c1-22(2,3)27-21(25)24(5)15-14-20(17-10-7-6-8-11-17)26-19-13-9-12-18(16-19)23-4/h6-13,16,20,23H,14-15H2,1-5H3. The Kier molecular flexibility index (Phi) is 7.11. The first-order valence-electron chi connectivity index (χ1n) is 9.22. The van der Waals surface area contributed by atoms with E-state index in [-0.39, 0.29) is 12.2 Å². The van der Waals surface area contributed by atoms with Crippen LogP contribution in [-0.4, -0.2) is 37.2 Å². The smallest absolute Gasteiger partial charge is 0.410 e. The SMILES string of the molecule is CNc1cccc(OC(CCN(C)C(=O)OC(C)(C)C)c2ccccc2)c1. The molecule has 1 unspecified atom stereocenters. The Morgan fingerprint density at radius 2 is 1.81 bits per heavy atom. The van der Waals surface area contributed by atoms with Crippen LogP contribution in [0.5, 0.6) is 5.75 Å². The van der Waals surface area contributed by atoms with E-state index in [9.17, 15) is 4.79 Å². The van der Waals surface area contributed by atoms with E-state index in [0.717, 1.165) is 17.0 Å². The van der Waals surface area contributed by atoms with Gasteiger partial charge in [0, 0.05) is 38.8 Å². The molecule has 0 aromatic heterocycles. The Bertz CT molecular complexity index is 726. The van der Waals surface area contributed by atoms with E-state index >= 15 is 0 Å². The summed E-state index contributed by atoms with van der Waals surface area (Å²) in [4.78, 5) is 13.8. The lowest BCUT2D eigenvalue weighted by atomic mass is 10.1. The van der Waals surface area contributed by atoms with E-state index in [4.69, 9.17) is 9.47 Å². The predicted molar refractivity (Wildman–Crippen MR) is 109 cm³/mol. The van der Waals surface area contributed by atoms with Gasteiger partial charge in [-0.15, -0.1) is 0 Å². The van der Waals surface area contributed by atoms with Crippen molar-refractivity contribution in [1.82, 2.24) is 4.90 Å². The summed E-state index contributed by atoms with van der Waals surface area (Å²) in [7, 11) is 3.63. The van der Waals surface area contributed by atoms with Crippen molar-refractivity contribution >= 4 is 11.8 Å². The molecular formula is C22H30N2O3. The Labute approximate surface area is 162 Å². The highest BCUT2D eigenvalue weighted by Crippen LogP contribution is 2.27. The van der Waals surface area contributed by atoms with Gasteiger partial charge in [-0.2, -0.15) is 0 Å². The van der Waals surface area contributed by atoms with Crippen LogP contribution in [0, 0.1) is 0 Å². The molecule has 0 saturated heterocycles. The Balaban J connectivity index is 2.08. The molecule has 27 heavy (non-hydrogen) atoms. The highest BCUT2D eigenvalue weighted by atomic mass is 16.6. The topological polar surface area (TPSA) is 50.8 Å². The minimum absolute atomic E-state index is 0.164. The first-order chi connectivity index (χ1) is 12.8. The summed E-state index contributed by atoms with van der Waals surface area (Å²) in [6, 6.07) is 17.9. The highest BCUT2D eigenvalue weighted by Gasteiger charge is 2.21. The van der Waals surface area contributed by atoms with Gasteiger partial charge in [-0.3, -0.25) is 0 Å². The van der Waals surface area contributed by atoms with Crippen molar-refractivity contribution in [2.45, 2.75) is 38.9 Å². The summed E-state index contributed by atoms with van der Waals surface area (Å²) in [5.41, 5.74) is 1.56. The normalized spacial score (nSPS) is 12.2. The maximum absolute atomic E-state index is 12.2. The van der Waals surface area contributed by atoms with Gasteiger partial charge in [-0.25, -0.2) is 4.79 Å². The van der Waals surface area contributed by atoms with Gasteiger partial charge in [0.25, 0.3) is 0 Å². The molecule has 2 aromatic rings. The third-order valence-corrected chi connectivity index (χ3v) is 4.00. The maximum atomic E-state index is 12.2. The molecule has 0 fully saturated rings. The lowest BCUT2D eigenvalue weighted by Crippen LogP contribution is -2.35. The number of hydrogen-bond donors (Lipinski definition) is 1. The summed E-state index contributed by atoms with van der Waals surface area (Å²) in [6.45, 7) is 6.12. The summed E-state index contributed by atoms with van der Waals surface area (Å²) < 4.78 is 11.7. The third-order valence-electron chi connectivity index (χ3n) is 4.00. The number of carbonyl (C=O) groups excluding carboxylic acids is 1. The molecule has 1 atom stereocenters. The van der Waals surface area contributed by atoms with Gasteiger partial charge in [0.05, 0.1) is 0 Å². The number of ether oxygens (including phenoxy) is 2. The van der Waals surface area contributed by atoms with Crippen LogP contribution in [0.4, 0.5) is 10.5 Å². The molecule has 0 radical (unpaired) electrons. The van der Waals surface area contributed by atoms with Crippen molar-refractivity contribution in [1.29, 1.82) is 0 Å². The lowest BCUT2D eigenvalue weighted by Gasteiger charge is -2.26. The molecule has 2 rings (SSSR count). The van der Waals surface area contributed by atoms with Gasteiger partial charge in [-0.1, -0.05) is 36.4 Å². The summed E-state index contributed by atoms with van der Waals surface area (Å²) in [5.74, 6) is 0.788. The molecule has 5 heteroatoms. The van der Waals surface area contributed by atoms with Crippen molar-refractivity contribution in [2.75, 3.05) is 26.0 Å². The van der Waals surface area contributed by atoms with Gasteiger partial charge in [0.1, 0.15) is 17.5 Å². The molecule has 146 valence electrons. The van der Waals surface area contributed by atoms with E-state index < -0.39 is 5.60 Å². The van der Waals surface area contributed by atoms with Crippen molar-refractivity contribution in [3.05, 3.63) is 60.2 Å². The number of carbonyl (C=O) groups is 1. The molecule has 0 aliphatic rings. The second-order valence-electron chi connectivity index (χ2n) is 7.49. The molecule has 0 saturated carbocycles. The number of benzene rings is 2. The number of rotatable bonds is 7. The Morgan fingerprint density at radius 3 is 2.44 bits per heavy atom.